The van der Waals surface area contributed by atoms with E-state index in [1.807, 2.05) is 30.3 Å². The fourth-order valence-electron chi connectivity index (χ4n) is 1.25. The number of fused-ring (bicyclic) bond motifs is 1. The molecule has 1 atom stereocenters. The Kier molecular flexibility index (Phi) is 1.99. The van der Waals surface area contributed by atoms with Gasteiger partial charge in [0, 0.05) is 18.0 Å². The molecule has 0 radical (unpaired) electrons. The van der Waals surface area contributed by atoms with Crippen LogP contribution in [-0.4, -0.2) is 0 Å². The zero-order valence-corrected chi connectivity index (χ0v) is 7.76. The van der Waals surface area contributed by atoms with Gasteiger partial charge in [0.15, 0.2) is 0 Å². The van der Waals surface area contributed by atoms with Crippen LogP contribution in [0.5, 0.6) is 0 Å². The van der Waals surface area contributed by atoms with Gasteiger partial charge in [-0.25, -0.2) is 0 Å². The van der Waals surface area contributed by atoms with E-state index in [4.69, 9.17) is 23.4 Å². The summed E-state index contributed by atoms with van der Waals surface area (Å²) in [5.41, 5.74) is 2.01. The van der Waals surface area contributed by atoms with Gasteiger partial charge < -0.3 is 0 Å². The molecule has 1 heterocycles. The van der Waals surface area contributed by atoms with Crippen LogP contribution in [0.3, 0.4) is 0 Å². The number of benzene rings is 1. The van der Waals surface area contributed by atoms with Crippen LogP contribution >= 0.6 is 23.4 Å². The summed E-state index contributed by atoms with van der Waals surface area (Å²) in [4.78, 5) is 0. The second kappa shape index (κ2) is 3.00. The smallest absolute Gasteiger partial charge is 0.0804 e. The van der Waals surface area contributed by atoms with E-state index in [0.717, 1.165) is 11.3 Å². The first-order valence-corrected chi connectivity index (χ1v) is 4.43. The highest BCUT2D eigenvalue weighted by Crippen LogP contribution is 2.36. The number of hydrogen-bond donors (Lipinski definition) is 0. The van der Waals surface area contributed by atoms with Crippen LogP contribution in [0, 0.1) is 0 Å². The van der Waals surface area contributed by atoms with Crippen molar-refractivity contribution in [2.24, 2.45) is 0 Å². The third-order valence-corrected chi connectivity index (χ3v) is 2.53. The maximum absolute atomic E-state index is 6.04. The van der Waals surface area contributed by atoms with Crippen molar-refractivity contribution >= 4 is 29.1 Å². The molecule has 2 rings (SSSR count). The molecule has 0 saturated heterocycles. The molecule has 12 heavy (non-hydrogen) atoms. The molecular weight excluding hydrogens is 193 g/mol. The standard InChI is InChI=1S/C9H7Cl2N/c10-8-5-6-12(11)9-4-2-1-3-7(8)9/h1-6,8H. The monoisotopic (exact) mass is 199 g/mol. The number of anilines is 1. The van der Waals surface area contributed by atoms with Gasteiger partial charge in [0.25, 0.3) is 0 Å². The van der Waals surface area contributed by atoms with Crippen LogP contribution in [0.4, 0.5) is 5.69 Å². The second-order valence-electron chi connectivity index (χ2n) is 2.61. The van der Waals surface area contributed by atoms with E-state index in [9.17, 15) is 0 Å². The molecular formula is C9H7Cl2N. The summed E-state index contributed by atoms with van der Waals surface area (Å²) in [5, 5.41) is -0.0591. The SMILES string of the molecule is ClC1C=CN(Cl)c2ccccc21. The number of allylic oxidation sites excluding steroid dienone is 1. The van der Waals surface area contributed by atoms with E-state index in [2.05, 4.69) is 0 Å². The van der Waals surface area contributed by atoms with Gasteiger partial charge in [-0.15, -0.1) is 11.6 Å². The van der Waals surface area contributed by atoms with Crippen molar-refractivity contribution < 1.29 is 0 Å². The largest absolute Gasteiger partial charge is 0.261 e. The molecule has 1 aromatic rings. The highest BCUT2D eigenvalue weighted by Gasteiger charge is 2.16. The van der Waals surface area contributed by atoms with Gasteiger partial charge in [0.1, 0.15) is 0 Å². The maximum Gasteiger partial charge on any atom is 0.0804 e. The molecule has 0 bridgehead atoms. The third kappa shape index (κ3) is 1.19. The number of rotatable bonds is 0. The minimum Gasteiger partial charge on any atom is -0.261 e. The van der Waals surface area contributed by atoms with E-state index < -0.39 is 0 Å². The maximum atomic E-state index is 6.04. The Bertz CT molecular complexity index is 291. The molecule has 3 heteroatoms. The summed E-state index contributed by atoms with van der Waals surface area (Å²) in [6.07, 6.45) is 3.62. The van der Waals surface area contributed by atoms with Gasteiger partial charge in [0.05, 0.1) is 11.1 Å². The predicted octanol–water partition coefficient (Wildman–Crippen LogP) is 3.45. The quantitative estimate of drug-likeness (QED) is 0.457. The minimum atomic E-state index is -0.0591. The van der Waals surface area contributed by atoms with E-state index >= 15 is 0 Å². The summed E-state index contributed by atoms with van der Waals surface area (Å²) < 4.78 is 1.55. The molecule has 0 aliphatic carbocycles. The second-order valence-corrected chi connectivity index (χ2v) is 3.45. The highest BCUT2D eigenvalue weighted by atomic mass is 35.5. The van der Waals surface area contributed by atoms with Crippen LogP contribution in [0.1, 0.15) is 10.9 Å². The Balaban J connectivity index is 2.54. The summed E-state index contributed by atoms with van der Waals surface area (Å²) in [7, 11) is 0. The Labute approximate surface area is 81.3 Å². The molecule has 0 aromatic heterocycles. The first-order chi connectivity index (χ1) is 5.79. The molecule has 0 spiro atoms. The van der Waals surface area contributed by atoms with E-state index in [1.165, 1.54) is 0 Å². The predicted molar refractivity (Wildman–Crippen MR) is 52.5 cm³/mol. The van der Waals surface area contributed by atoms with Crippen LogP contribution in [0.25, 0.3) is 0 Å². The number of hydrogen-bond acceptors (Lipinski definition) is 1. The topological polar surface area (TPSA) is 3.24 Å². The molecule has 1 nitrogen and oxygen atoms in total. The van der Waals surface area contributed by atoms with Crippen LogP contribution in [0.2, 0.25) is 0 Å². The van der Waals surface area contributed by atoms with Crippen molar-refractivity contribution in [2.75, 3.05) is 4.42 Å². The molecule has 1 unspecified atom stereocenters. The van der Waals surface area contributed by atoms with Crippen molar-refractivity contribution in [1.29, 1.82) is 0 Å². The Morgan fingerprint density at radius 3 is 2.75 bits per heavy atom. The molecule has 0 fully saturated rings. The van der Waals surface area contributed by atoms with Gasteiger partial charge in [-0.1, -0.05) is 18.2 Å². The molecule has 0 N–H and O–H groups in total. The summed E-state index contributed by atoms with van der Waals surface area (Å²) >= 11 is 11.9. The summed E-state index contributed by atoms with van der Waals surface area (Å²) in [6.45, 7) is 0. The first-order valence-electron chi connectivity index (χ1n) is 3.65. The van der Waals surface area contributed by atoms with E-state index in [0.29, 0.717) is 0 Å². The third-order valence-electron chi connectivity index (χ3n) is 1.85. The average Bonchev–Trinajstić information content (AvgIpc) is 2.12. The van der Waals surface area contributed by atoms with Crippen LogP contribution < -0.4 is 4.42 Å². The zero-order valence-electron chi connectivity index (χ0n) is 6.24. The zero-order chi connectivity index (χ0) is 8.55. The number of halogens is 2. The Hall–Kier alpha value is -0.660. The number of para-hydroxylation sites is 1. The molecule has 1 aliphatic rings. The molecule has 62 valence electrons. The van der Waals surface area contributed by atoms with Gasteiger partial charge >= 0.3 is 0 Å². The van der Waals surface area contributed by atoms with Gasteiger partial charge in [-0.2, -0.15) is 0 Å². The lowest BCUT2D eigenvalue weighted by Gasteiger charge is -2.21. The average molecular weight is 200 g/mol. The molecule has 1 aromatic carbocycles. The van der Waals surface area contributed by atoms with E-state index in [-0.39, 0.29) is 5.38 Å². The molecule has 0 saturated carbocycles. The van der Waals surface area contributed by atoms with Crippen molar-refractivity contribution in [3.63, 3.8) is 0 Å². The number of nitrogens with zero attached hydrogens (tertiary/aromatic N) is 1. The normalized spacial score (nSPS) is 20.8. The summed E-state index contributed by atoms with van der Waals surface area (Å²) in [5.74, 6) is 0. The number of alkyl halides is 1. The van der Waals surface area contributed by atoms with E-state index in [1.54, 1.807) is 10.6 Å². The van der Waals surface area contributed by atoms with Crippen LogP contribution in [-0.2, 0) is 0 Å². The fourth-order valence-corrected chi connectivity index (χ4v) is 1.72. The lowest BCUT2D eigenvalue weighted by atomic mass is 10.1. The lowest BCUT2D eigenvalue weighted by Crippen LogP contribution is -2.08. The Morgan fingerprint density at radius 2 is 2.00 bits per heavy atom. The minimum absolute atomic E-state index is 0.0591. The first kappa shape index (κ1) is 7.96. The van der Waals surface area contributed by atoms with Crippen molar-refractivity contribution in [2.45, 2.75) is 5.38 Å². The Morgan fingerprint density at radius 1 is 1.25 bits per heavy atom. The van der Waals surface area contributed by atoms with Crippen molar-refractivity contribution in [3.05, 3.63) is 42.1 Å². The van der Waals surface area contributed by atoms with Gasteiger partial charge in [0.2, 0.25) is 0 Å². The molecule has 0 amide bonds. The van der Waals surface area contributed by atoms with Gasteiger partial charge in [-0.05, 0) is 17.7 Å². The van der Waals surface area contributed by atoms with Crippen molar-refractivity contribution in [1.82, 2.24) is 0 Å². The fraction of sp³-hybridized carbons (Fsp3) is 0.111. The highest BCUT2D eigenvalue weighted by molar-refractivity contribution is 6.29. The van der Waals surface area contributed by atoms with Crippen molar-refractivity contribution in [3.8, 4) is 0 Å². The van der Waals surface area contributed by atoms with Crippen LogP contribution in [0.15, 0.2) is 36.5 Å². The molecule has 1 aliphatic heterocycles. The lowest BCUT2D eigenvalue weighted by molar-refractivity contribution is 1.14. The van der Waals surface area contributed by atoms with Gasteiger partial charge in [-0.3, -0.25) is 4.42 Å². The summed E-state index contributed by atoms with van der Waals surface area (Å²) in [6, 6.07) is 7.82.